The third-order valence-electron chi connectivity index (χ3n) is 2.73. The van der Waals surface area contributed by atoms with Crippen LogP contribution in [0.4, 0.5) is 5.69 Å². The van der Waals surface area contributed by atoms with E-state index in [-0.39, 0.29) is 6.54 Å². The van der Waals surface area contributed by atoms with Gasteiger partial charge in [-0.25, -0.2) is 0 Å². The second kappa shape index (κ2) is 8.01. The number of aryl methyl sites for hydroxylation is 1. The monoisotopic (exact) mass is 294 g/mol. The average Bonchev–Trinajstić information content (AvgIpc) is 2.37. The molecule has 0 aliphatic carbocycles. The normalized spacial score (nSPS) is 10.4. The maximum Gasteiger partial charge on any atom is 0.317 e. The Labute approximate surface area is 122 Å². The summed E-state index contributed by atoms with van der Waals surface area (Å²) in [5.41, 5.74) is 1.72. The van der Waals surface area contributed by atoms with Gasteiger partial charge in [0.15, 0.2) is 0 Å². The second-order valence-corrected chi connectivity index (χ2v) is 4.53. The minimum absolute atomic E-state index is 0.297. The quantitative estimate of drug-likeness (QED) is 0.650. The van der Waals surface area contributed by atoms with Gasteiger partial charge in [-0.05, 0) is 24.1 Å². The first kappa shape index (κ1) is 16.6. The molecular formula is C14H18N2O5. The Morgan fingerprint density at radius 3 is 1.95 bits per heavy atom. The van der Waals surface area contributed by atoms with E-state index in [1.54, 1.807) is 12.1 Å². The van der Waals surface area contributed by atoms with Crippen LogP contribution in [0.1, 0.15) is 12.5 Å². The number of hydrogen-bond donors (Lipinski definition) is 3. The summed E-state index contributed by atoms with van der Waals surface area (Å²) in [4.78, 5) is 34.1. The van der Waals surface area contributed by atoms with E-state index >= 15 is 0 Å². The van der Waals surface area contributed by atoms with E-state index in [4.69, 9.17) is 10.2 Å². The molecule has 1 rings (SSSR count). The Kier molecular flexibility index (Phi) is 6.35. The van der Waals surface area contributed by atoms with Gasteiger partial charge in [-0.3, -0.25) is 19.3 Å². The number of nitrogens with zero attached hydrogens (tertiary/aromatic N) is 1. The van der Waals surface area contributed by atoms with Gasteiger partial charge in [0.1, 0.15) is 0 Å². The van der Waals surface area contributed by atoms with Crippen LogP contribution in [-0.4, -0.2) is 52.6 Å². The summed E-state index contributed by atoms with van der Waals surface area (Å²) in [5.74, 6) is -2.82. The van der Waals surface area contributed by atoms with E-state index in [2.05, 4.69) is 5.32 Å². The summed E-state index contributed by atoms with van der Waals surface area (Å²) < 4.78 is 0. The highest BCUT2D eigenvalue weighted by Gasteiger charge is 2.16. The number of amides is 1. The number of carboxylic acids is 2. The summed E-state index contributed by atoms with van der Waals surface area (Å²) in [6.45, 7) is 0.709. The Balaban J connectivity index is 2.59. The van der Waals surface area contributed by atoms with E-state index in [9.17, 15) is 14.4 Å². The molecule has 0 spiro atoms. The smallest absolute Gasteiger partial charge is 0.317 e. The maximum atomic E-state index is 11.8. The molecular weight excluding hydrogens is 276 g/mol. The van der Waals surface area contributed by atoms with Gasteiger partial charge in [0.2, 0.25) is 5.91 Å². The van der Waals surface area contributed by atoms with Crippen molar-refractivity contribution in [3.8, 4) is 0 Å². The Hall–Kier alpha value is -2.41. The average molecular weight is 294 g/mol. The molecule has 3 N–H and O–H groups in total. The molecule has 114 valence electrons. The largest absolute Gasteiger partial charge is 0.480 e. The van der Waals surface area contributed by atoms with Crippen LogP contribution in [-0.2, 0) is 20.8 Å². The number of benzene rings is 1. The van der Waals surface area contributed by atoms with Crippen LogP contribution in [0, 0.1) is 0 Å². The fraction of sp³-hybridized carbons (Fsp3) is 0.357. The molecule has 0 fully saturated rings. The zero-order valence-corrected chi connectivity index (χ0v) is 11.7. The molecule has 0 saturated carbocycles. The van der Waals surface area contributed by atoms with Gasteiger partial charge in [0.05, 0.1) is 19.6 Å². The minimum atomic E-state index is -1.18. The number of anilines is 1. The van der Waals surface area contributed by atoms with Gasteiger partial charge in [0, 0.05) is 5.69 Å². The van der Waals surface area contributed by atoms with Crippen LogP contribution >= 0.6 is 0 Å². The number of aliphatic carboxylic acids is 2. The number of nitrogens with one attached hydrogen (secondary N) is 1. The highest BCUT2D eigenvalue weighted by atomic mass is 16.4. The predicted octanol–water partition coefficient (Wildman–Crippen LogP) is 0.659. The van der Waals surface area contributed by atoms with Gasteiger partial charge >= 0.3 is 11.9 Å². The van der Waals surface area contributed by atoms with Crippen molar-refractivity contribution in [2.75, 3.05) is 25.0 Å². The topological polar surface area (TPSA) is 107 Å². The standard InChI is InChI=1S/C14H18N2O5/c1-2-10-3-5-11(6-4-10)15-12(17)7-16(8-13(18)19)9-14(20)21/h3-6H,2,7-9H2,1H3,(H,15,17)(H,18,19)(H,20,21). The summed E-state index contributed by atoms with van der Waals surface area (Å²) in [6.07, 6.45) is 0.888. The Morgan fingerprint density at radius 2 is 1.52 bits per heavy atom. The molecule has 21 heavy (non-hydrogen) atoms. The fourth-order valence-electron chi connectivity index (χ4n) is 1.78. The minimum Gasteiger partial charge on any atom is -0.480 e. The SMILES string of the molecule is CCc1ccc(NC(=O)CN(CC(=O)O)CC(=O)O)cc1. The molecule has 0 atom stereocenters. The first-order valence-electron chi connectivity index (χ1n) is 6.45. The molecule has 0 bridgehead atoms. The predicted molar refractivity (Wildman–Crippen MR) is 76.2 cm³/mol. The molecule has 0 aliphatic rings. The van der Waals surface area contributed by atoms with Gasteiger partial charge in [-0.1, -0.05) is 19.1 Å². The van der Waals surface area contributed by atoms with Crippen molar-refractivity contribution < 1.29 is 24.6 Å². The molecule has 7 nitrogen and oxygen atoms in total. The molecule has 7 heteroatoms. The number of carbonyl (C=O) groups excluding carboxylic acids is 1. The van der Waals surface area contributed by atoms with Gasteiger partial charge in [-0.15, -0.1) is 0 Å². The Morgan fingerprint density at radius 1 is 1.00 bits per heavy atom. The van der Waals surface area contributed by atoms with Crippen molar-refractivity contribution in [3.05, 3.63) is 29.8 Å². The third-order valence-corrected chi connectivity index (χ3v) is 2.73. The lowest BCUT2D eigenvalue weighted by atomic mass is 10.1. The summed E-state index contributed by atoms with van der Waals surface area (Å²) in [5, 5.41) is 20.0. The highest BCUT2D eigenvalue weighted by molar-refractivity contribution is 5.92. The van der Waals surface area contributed by atoms with Crippen molar-refractivity contribution in [2.45, 2.75) is 13.3 Å². The molecule has 1 amide bonds. The first-order valence-corrected chi connectivity index (χ1v) is 6.45. The lowest BCUT2D eigenvalue weighted by Gasteiger charge is -2.17. The molecule has 0 aromatic heterocycles. The second-order valence-electron chi connectivity index (χ2n) is 4.53. The van der Waals surface area contributed by atoms with Crippen LogP contribution < -0.4 is 5.32 Å². The Bertz CT molecular complexity index is 497. The van der Waals surface area contributed by atoms with Crippen LogP contribution in [0.15, 0.2) is 24.3 Å². The van der Waals surface area contributed by atoms with E-state index in [1.165, 1.54) is 0 Å². The zero-order valence-electron chi connectivity index (χ0n) is 11.7. The van der Waals surface area contributed by atoms with E-state index in [0.29, 0.717) is 5.69 Å². The zero-order chi connectivity index (χ0) is 15.8. The number of carbonyl (C=O) groups is 3. The van der Waals surface area contributed by atoms with E-state index in [0.717, 1.165) is 16.9 Å². The summed E-state index contributed by atoms with van der Waals surface area (Å²) in [6, 6.07) is 7.24. The molecule has 0 aliphatic heterocycles. The van der Waals surface area contributed by atoms with Crippen LogP contribution in [0.5, 0.6) is 0 Å². The molecule has 1 aromatic carbocycles. The highest BCUT2D eigenvalue weighted by Crippen LogP contribution is 2.09. The number of hydrogen-bond acceptors (Lipinski definition) is 4. The lowest BCUT2D eigenvalue weighted by Crippen LogP contribution is -2.40. The first-order chi connectivity index (χ1) is 9.90. The van der Waals surface area contributed by atoms with Crippen molar-refractivity contribution >= 4 is 23.5 Å². The summed E-state index contributed by atoms with van der Waals surface area (Å²) in [7, 11) is 0. The number of rotatable bonds is 8. The van der Waals surface area contributed by atoms with Crippen molar-refractivity contribution in [2.24, 2.45) is 0 Å². The van der Waals surface area contributed by atoms with Crippen molar-refractivity contribution in [3.63, 3.8) is 0 Å². The van der Waals surface area contributed by atoms with E-state index in [1.807, 2.05) is 19.1 Å². The van der Waals surface area contributed by atoms with Crippen LogP contribution in [0.3, 0.4) is 0 Å². The van der Waals surface area contributed by atoms with Crippen LogP contribution in [0.2, 0.25) is 0 Å². The molecule has 0 heterocycles. The fourth-order valence-corrected chi connectivity index (χ4v) is 1.78. The molecule has 0 saturated heterocycles. The van der Waals surface area contributed by atoms with Crippen LogP contribution in [0.25, 0.3) is 0 Å². The molecule has 0 radical (unpaired) electrons. The molecule has 1 aromatic rings. The van der Waals surface area contributed by atoms with Gasteiger partial charge in [-0.2, -0.15) is 0 Å². The van der Waals surface area contributed by atoms with Gasteiger partial charge < -0.3 is 15.5 Å². The summed E-state index contributed by atoms with van der Waals surface area (Å²) >= 11 is 0. The van der Waals surface area contributed by atoms with Crippen molar-refractivity contribution in [1.82, 2.24) is 4.90 Å². The molecule has 0 unspecified atom stereocenters. The van der Waals surface area contributed by atoms with Gasteiger partial charge in [0.25, 0.3) is 0 Å². The lowest BCUT2D eigenvalue weighted by molar-refractivity contribution is -0.142. The van der Waals surface area contributed by atoms with Crippen molar-refractivity contribution in [1.29, 1.82) is 0 Å². The van der Waals surface area contributed by atoms with E-state index < -0.39 is 30.9 Å². The maximum absolute atomic E-state index is 11.8. The number of carboxylic acid groups (broad SMARTS) is 2. The third kappa shape index (κ3) is 6.53.